The van der Waals surface area contributed by atoms with E-state index in [-0.39, 0.29) is 6.61 Å². The highest BCUT2D eigenvalue weighted by Gasteiger charge is 2.07. The van der Waals surface area contributed by atoms with E-state index in [1.165, 1.54) is 0 Å². The zero-order valence-electron chi connectivity index (χ0n) is 11.3. The van der Waals surface area contributed by atoms with Gasteiger partial charge in [-0.3, -0.25) is 0 Å². The Morgan fingerprint density at radius 1 is 1.15 bits per heavy atom. The Morgan fingerprint density at radius 2 is 2.00 bits per heavy atom. The molecule has 1 heterocycles. The second kappa shape index (κ2) is 5.35. The summed E-state index contributed by atoms with van der Waals surface area (Å²) in [7, 11) is 1.98. The fraction of sp³-hybridized carbons (Fsp3) is 0.188. The minimum atomic E-state index is 0.0174. The number of aliphatic hydroxyl groups is 1. The first-order chi connectivity index (χ1) is 9.78. The summed E-state index contributed by atoms with van der Waals surface area (Å²) >= 11 is 0. The highest BCUT2D eigenvalue weighted by Crippen LogP contribution is 2.18. The van der Waals surface area contributed by atoms with Gasteiger partial charge in [-0.15, -0.1) is 0 Å². The fourth-order valence-corrected chi connectivity index (χ4v) is 2.21. The number of aliphatic hydroxyl groups excluding tert-OH is 1. The maximum absolute atomic E-state index is 9.11. The third-order valence-electron chi connectivity index (χ3n) is 3.33. The molecule has 0 aliphatic rings. The van der Waals surface area contributed by atoms with E-state index >= 15 is 0 Å². The standard InChI is InChI=1S/C16H16N2O2/c1-18-15-8-3-2-7-14(15)17-16(18)11-20-13-6-4-5-12(9-13)10-19/h2-9,19H,10-11H2,1H3. The highest BCUT2D eigenvalue weighted by molar-refractivity contribution is 5.75. The number of aromatic nitrogens is 2. The molecule has 20 heavy (non-hydrogen) atoms. The molecule has 0 saturated carbocycles. The van der Waals surface area contributed by atoms with Crippen LogP contribution in [0.3, 0.4) is 0 Å². The molecule has 4 nitrogen and oxygen atoms in total. The fourth-order valence-electron chi connectivity index (χ4n) is 2.21. The van der Waals surface area contributed by atoms with Crippen molar-refractivity contribution in [1.29, 1.82) is 0 Å². The largest absolute Gasteiger partial charge is 0.486 e. The van der Waals surface area contributed by atoms with Gasteiger partial charge in [0, 0.05) is 7.05 Å². The van der Waals surface area contributed by atoms with Crippen LogP contribution in [0.1, 0.15) is 11.4 Å². The van der Waals surface area contributed by atoms with Crippen molar-refractivity contribution in [2.45, 2.75) is 13.2 Å². The minimum absolute atomic E-state index is 0.0174. The average Bonchev–Trinajstić information content (AvgIpc) is 2.82. The lowest BCUT2D eigenvalue weighted by Crippen LogP contribution is -2.03. The van der Waals surface area contributed by atoms with Crippen LogP contribution in [0.15, 0.2) is 48.5 Å². The SMILES string of the molecule is Cn1c(COc2cccc(CO)c2)nc2ccccc21. The molecule has 0 atom stereocenters. The number of nitrogens with zero attached hydrogens (tertiary/aromatic N) is 2. The molecule has 3 aromatic rings. The van der Waals surface area contributed by atoms with Gasteiger partial charge in [0.1, 0.15) is 18.2 Å². The van der Waals surface area contributed by atoms with Gasteiger partial charge in [0.15, 0.2) is 0 Å². The monoisotopic (exact) mass is 268 g/mol. The van der Waals surface area contributed by atoms with Crippen molar-refractivity contribution >= 4 is 11.0 Å². The molecule has 2 aromatic carbocycles. The number of aryl methyl sites for hydroxylation is 1. The molecule has 0 radical (unpaired) electrons. The smallest absolute Gasteiger partial charge is 0.147 e. The molecule has 0 amide bonds. The number of rotatable bonds is 4. The van der Waals surface area contributed by atoms with Gasteiger partial charge in [0.05, 0.1) is 17.6 Å². The molecule has 102 valence electrons. The van der Waals surface area contributed by atoms with E-state index in [0.717, 1.165) is 28.2 Å². The predicted octanol–water partition coefficient (Wildman–Crippen LogP) is 2.64. The normalized spacial score (nSPS) is 10.9. The zero-order chi connectivity index (χ0) is 13.9. The third kappa shape index (κ3) is 2.38. The van der Waals surface area contributed by atoms with Crippen LogP contribution in [0.5, 0.6) is 5.75 Å². The summed E-state index contributed by atoms with van der Waals surface area (Å²) in [5.74, 6) is 1.62. The van der Waals surface area contributed by atoms with E-state index in [0.29, 0.717) is 6.61 Å². The Kier molecular flexibility index (Phi) is 3.39. The Labute approximate surface area is 117 Å². The van der Waals surface area contributed by atoms with Gasteiger partial charge in [-0.25, -0.2) is 4.98 Å². The van der Waals surface area contributed by atoms with E-state index in [9.17, 15) is 0 Å². The number of hydrogen-bond acceptors (Lipinski definition) is 3. The molecule has 0 saturated heterocycles. The van der Waals surface area contributed by atoms with Crippen molar-refractivity contribution in [3.8, 4) is 5.75 Å². The van der Waals surface area contributed by atoms with Crippen molar-refractivity contribution in [1.82, 2.24) is 9.55 Å². The lowest BCUT2D eigenvalue weighted by molar-refractivity contribution is 0.275. The molecule has 0 bridgehead atoms. The number of para-hydroxylation sites is 2. The van der Waals surface area contributed by atoms with Crippen LogP contribution in [-0.2, 0) is 20.3 Å². The lowest BCUT2D eigenvalue weighted by atomic mass is 10.2. The number of fused-ring (bicyclic) bond motifs is 1. The van der Waals surface area contributed by atoms with Crippen molar-refractivity contribution in [3.05, 3.63) is 59.9 Å². The summed E-state index contributed by atoms with van der Waals surface area (Å²) < 4.78 is 7.78. The first kappa shape index (κ1) is 12.7. The highest BCUT2D eigenvalue weighted by atomic mass is 16.5. The zero-order valence-corrected chi connectivity index (χ0v) is 11.3. The van der Waals surface area contributed by atoms with E-state index in [4.69, 9.17) is 9.84 Å². The second-order valence-electron chi connectivity index (χ2n) is 4.67. The van der Waals surface area contributed by atoms with Crippen molar-refractivity contribution in [2.75, 3.05) is 0 Å². The molecular weight excluding hydrogens is 252 g/mol. The molecule has 4 heteroatoms. The van der Waals surface area contributed by atoms with Crippen LogP contribution < -0.4 is 4.74 Å². The first-order valence-corrected chi connectivity index (χ1v) is 6.51. The Balaban J connectivity index is 1.81. The molecule has 0 fully saturated rings. The predicted molar refractivity (Wildman–Crippen MR) is 77.4 cm³/mol. The number of ether oxygens (including phenoxy) is 1. The van der Waals surface area contributed by atoms with E-state index in [1.54, 1.807) is 0 Å². The van der Waals surface area contributed by atoms with Crippen molar-refractivity contribution in [2.24, 2.45) is 7.05 Å². The van der Waals surface area contributed by atoms with Gasteiger partial charge in [-0.05, 0) is 29.8 Å². The molecule has 0 unspecified atom stereocenters. The van der Waals surface area contributed by atoms with E-state index in [2.05, 4.69) is 4.98 Å². The summed E-state index contributed by atoms with van der Waals surface area (Å²) in [5.41, 5.74) is 2.90. The van der Waals surface area contributed by atoms with E-state index < -0.39 is 0 Å². The van der Waals surface area contributed by atoms with Gasteiger partial charge in [0.25, 0.3) is 0 Å². The first-order valence-electron chi connectivity index (χ1n) is 6.51. The number of hydrogen-bond donors (Lipinski definition) is 1. The van der Waals surface area contributed by atoms with Crippen molar-refractivity contribution in [3.63, 3.8) is 0 Å². The minimum Gasteiger partial charge on any atom is -0.486 e. The van der Waals surface area contributed by atoms with Crippen molar-refractivity contribution < 1.29 is 9.84 Å². The van der Waals surface area contributed by atoms with Gasteiger partial charge < -0.3 is 14.4 Å². The molecule has 1 N–H and O–H groups in total. The summed E-state index contributed by atoms with van der Waals surface area (Å²) in [6.07, 6.45) is 0. The summed E-state index contributed by atoms with van der Waals surface area (Å²) in [5, 5.41) is 9.11. The van der Waals surface area contributed by atoms with E-state index in [1.807, 2.05) is 60.1 Å². The van der Waals surface area contributed by atoms with Crippen LogP contribution in [0.4, 0.5) is 0 Å². The molecular formula is C16H16N2O2. The molecule has 0 aliphatic heterocycles. The second-order valence-corrected chi connectivity index (χ2v) is 4.67. The molecule has 3 rings (SSSR count). The third-order valence-corrected chi connectivity index (χ3v) is 3.33. The van der Waals surface area contributed by atoms with Crippen LogP contribution in [0.25, 0.3) is 11.0 Å². The molecule has 1 aromatic heterocycles. The Hall–Kier alpha value is -2.33. The maximum atomic E-state index is 9.11. The van der Waals surface area contributed by atoms with Crippen LogP contribution in [0.2, 0.25) is 0 Å². The Morgan fingerprint density at radius 3 is 2.80 bits per heavy atom. The molecule has 0 spiro atoms. The van der Waals surface area contributed by atoms with Gasteiger partial charge >= 0.3 is 0 Å². The van der Waals surface area contributed by atoms with Gasteiger partial charge in [-0.2, -0.15) is 0 Å². The topological polar surface area (TPSA) is 47.3 Å². The summed E-state index contributed by atoms with van der Waals surface area (Å²) in [6, 6.07) is 15.5. The molecule has 0 aliphatic carbocycles. The summed E-state index contributed by atoms with van der Waals surface area (Å²) in [4.78, 5) is 4.56. The maximum Gasteiger partial charge on any atom is 0.147 e. The van der Waals surface area contributed by atoms with Crippen LogP contribution in [-0.4, -0.2) is 14.7 Å². The average molecular weight is 268 g/mol. The number of benzene rings is 2. The number of imidazole rings is 1. The van der Waals surface area contributed by atoms with Gasteiger partial charge in [-0.1, -0.05) is 24.3 Å². The Bertz CT molecular complexity index is 734. The summed E-state index contributed by atoms with van der Waals surface area (Å²) in [6.45, 7) is 0.420. The van der Waals surface area contributed by atoms with Gasteiger partial charge in [0.2, 0.25) is 0 Å². The lowest BCUT2D eigenvalue weighted by Gasteiger charge is -2.07. The van der Waals surface area contributed by atoms with Crippen LogP contribution >= 0.6 is 0 Å². The van der Waals surface area contributed by atoms with Crippen LogP contribution in [0, 0.1) is 0 Å². The quantitative estimate of drug-likeness (QED) is 0.791.